The average Bonchev–Trinajstić information content (AvgIpc) is 2.59. The molecule has 0 atom stereocenters. The van der Waals surface area contributed by atoms with Crippen LogP contribution in [0, 0.1) is 12.3 Å². The van der Waals surface area contributed by atoms with Crippen molar-refractivity contribution in [2.45, 2.75) is 47.0 Å². The fraction of sp³-hybridized carbons (Fsp3) is 0.318. The van der Waals surface area contributed by atoms with E-state index in [1.54, 1.807) is 11.8 Å². The Morgan fingerprint density at radius 3 is 2.33 bits per heavy atom. The van der Waals surface area contributed by atoms with E-state index in [9.17, 15) is 0 Å². The molecule has 0 saturated carbocycles. The topological polar surface area (TPSA) is 12.4 Å². The summed E-state index contributed by atoms with van der Waals surface area (Å²) in [7, 11) is 0. The summed E-state index contributed by atoms with van der Waals surface area (Å²) in [5.74, 6) is 2.79. The van der Waals surface area contributed by atoms with Crippen LogP contribution < -0.4 is 0 Å². The van der Waals surface area contributed by atoms with Gasteiger partial charge < -0.3 is 0 Å². The zero-order valence-electron chi connectivity index (χ0n) is 15.4. The third-order valence-electron chi connectivity index (χ3n) is 3.34. The van der Waals surface area contributed by atoms with Gasteiger partial charge in [-0.2, -0.15) is 0 Å². The fourth-order valence-electron chi connectivity index (χ4n) is 1.95. The average molecular weight is 340 g/mol. The molecule has 0 aliphatic rings. The maximum Gasteiger partial charge on any atom is 0.0793 e. The molecular weight excluding hydrogens is 310 g/mol. The Labute approximate surface area is 152 Å². The summed E-state index contributed by atoms with van der Waals surface area (Å²) >= 11 is 1.61. The largest absolute Gasteiger partial charge is 0.256 e. The van der Waals surface area contributed by atoms with Crippen LogP contribution in [0.25, 0.3) is 0 Å². The Balaban J connectivity index is 5.81. The van der Waals surface area contributed by atoms with Gasteiger partial charge in [-0.15, -0.1) is 6.42 Å². The van der Waals surface area contributed by atoms with E-state index in [4.69, 9.17) is 6.42 Å². The van der Waals surface area contributed by atoms with Crippen LogP contribution in [0.1, 0.15) is 47.0 Å². The van der Waals surface area contributed by atoms with E-state index in [-0.39, 0.29) is 0 Å². The van der Waals surface area contributed by atoms with Crippen molar-refractivity contribution in [2.24, 2.45) is 4.99 Å². The van der Waals surface area contributed by atoms with E-state index in [2.05, 4.69) is 57.0 Å². The molecule has 0 spiro atoms. The fourth-order valence-corrected chi connectivity index (χ4v) is 2.80. The highest BCUT2D eigenvalue weighted by Gasteiger charge is 2.09. The summed E-state index contributed by atoms with van der Waals surface area (Å²) in [6, 6.07) is 0. The molecule has 0 radical (unpaired) electrons. The minimum absolute atomic E-state index is 0.795. The van der Waals surface area contributed by atoms with Crippen LogP contribution in [-0.4, -0.2) is 5.71 Å². The van der Waals surface area contributed by atoms with Crippen molar-refractivity contribution in [3.8, 4) is 12.3 Å². The Morgan fingerprint density at radius 2 is 1.88 bits per heavy atom. The molecular formula is C22H29NS. The first-order chi connectivity index (χ1) is 11.6. The van der Waals surface area contributed by atoms with Gasteiger partial charge in [0.05, 0.1) is 11.3 Å². The van der Waals surface area contributed by atoms with Gasteiger partial charge in [0, 0.05) is 16.0 Å². The standard InChI is InChI=1S/C22H29NS/c1-8-14-15-16-20(11-4)24-18(7)21(12-5)22(23-13-6)17-19(9-2)10-3/h5,11,13-17H,4,6,8-10H2,1-3,7H3/b15-14-,20-16+,21-18+,23-22?. The van der Waals surface area contributed by atoms with Crippen LogP contribution in [0.2, 0.25) is 0 Å². The third-order valence-corrected chi connectivity index (χ3v) is 4.39. The molecule has 24 heavy (non-hydrogen) atoms. The van der Waals surface area contributed by atoms with Gasteiger partial charge in [0.1, 0.15) is 0 Å². The summed E-state index contributed by atoms with van der Waals surface area (Å²) in [5, 5.41) is 0. The lowest BCUT2D eigenvalue weighted by Gasteiger charge is -2.09. The summed E-state index contributed by atoms with van der Waals surface area (Å²) < 4.78 is 0. The van der Waals surface area contributed by atoms with Gasteiger partial charge in [0.15, 0.2) is 0 Å². The minimum Gasteiger partial charge on any atom is -0.256 e. The molecule has 128 valence electrons. The zero-order chi connectivity index (χ0) is 18.4. The maximum absolute atomic E-state index is 5.78. The summed E-state index contributed by atoms with van der Waals surface area (Å²) in [6.07, 6.45) is 20.4. The molecule has 0 heterocycles. The van der Waals surface area contributed by atoms with Crippen molar-refractivity contribution in [3.05, 3.63) is 70.7 Å². The van der Waals surface area contributed by atoms with Gasteiger partial charge in [-0.25, -0.2) is 0 Å². The highest BCUT2D eigenvalue weighted by atomic mass is 32.2. The van der Waals surface area contributed by atoms with Crippen molar-refractivity contribution in [2.75, 3.05) is 0 Å². The number of hydrogen-bond acceptors (Lipinski definition) is 2. The summed E-state index contributed by atoms with van der Waals surface area (Å²) in [5.41, 5.74) is 2.90. The first-order valence-corrected chi connectivity index (χ1v) is 9.12. The number of terminal acetylenes is 1. The molecule has 0 aromatic carbocycles. The van der Waals surface area contributed by atoms with Crippen molar-refractivity contribution < 1.29 is 0 Å². The molecule has 0 aliphatic heterocycles. The van der Waals surface area contributed by atoms with E-state index in [1.165, 1.54) is 11.8 Å². The second kappa shape index (κ2) is 13.5. The van der Waals surface area contributed by atoms with E-state index in [0.717, 1.165) is 40.4 Å². The highest BCUT2D eigenvalue weighted by molar-refractivity contribution is 8.06. The molecule has 0 rings (SSSR count). The lowest BCUT2D eigenvalue weighted by atomic mass is 10.0. The zero-order valence-corrected chi connectivity index (χ0v) is 16.2. The van der Waals surface area contributed by atoms with Crippen LogP contribution in [-0.2, 0) is 0 Å². The number of allylic oxidation sites excluding steroid dienone is 8. The first-order valence-electron chi connectivity index (χ1n) is 8.30. The molecule has 0 aromatic heterocycles. The lowest BCUT2D eigenvalue weighted by molar-refractivity contribution is 0.980. The van der Waals surface area contributed by atoms with Crippen LogP contribution in [0.3, 0.4) is 0 Å². The quantitative estimate of drug-likeness (QED) is 0.237. The van der Waals surface area contributed by atoms with Crippen molar-refractivity contribution in [3.63, 3.8) is 0 Å². The predicted octanol–water partition coefficient (Wildman–Crippen LogP) is 6.99. The SMILES string of the molecule is C#C/C(C(C=C(CC)CC)=NC=C)=C(/C)S/C(C=C)=C/C=C\CC. The Kier molecular flexibility index (Phi) is 12.3. The molecule has 1 nitrogen and oxygen atoms in total. The van der Waals surface area contributed by atoms with Gasteiger partial charge in [0.25, 0.3) is 0 Å². The van der Waals surface area contributed by atoms with Crippen LogP contribution in [0.15, 0.2) is 75.7 Å². The van der Waals surface area contributed by atoms with E-state index >= 15 is 0 Å². The normalized spacial score (nSPS) is 13.3. The van der Waals surface area contributed by atoms with Crippen molar-refractivity contribution in [1.29, 1.82) is 0 Å². The Bertz CT molecular complexity index is 613. The number of hydrogen-bond donors (Lipinski definition) is 0. The van der Waals surface area contributed by atoms with E-state index in [0.29, 0.717) is 0 Å². The smallest absolute Gasteiger partial charge is 0.0793 e. The lowest BCUT2D eigenvalue weighted by Crippen LogP contribution is -2.01. The van der Waals surface area contributed by atoms with Crippen molar-refractivity contribution >= 4 is 17.5 Å². The Morgan fingerprint density at radius 1 is 1.21 bits per heavy atom. The van der Waals surface area contributed by atoms with Gasteiger partial charge >= 0.3 is 0 Å². The van der Waals surface area contributed by atoms with Crippen molar-refractivity contribution in [1.82, 2.24) is 0 Å². The Hall–Kier alpha value is -1.98. The number of nitrogens with zero attached hydrogens (tertiary/aromatic N) is 1. The predicted molar refractivity (Wildman–Crippen MR) is 113 cm³/mol. The molecule has 0 amide bonds. The second-order valence-corrected chi connectivity index (χ2v) is 6.28. The van der Waals surface area contributed by atoms with Crippen LogP contribution in [0.4, 0.5) is 0 Å². The van der Waals surface area contributed by atoms with Gasteiger partial charge in [-0.05, 0) is 38.3 Å². The molecule has 0 bridgehead atoms. The molecule has 0 unspecified atom stereocenters. The molecule has 0 fully saturated rings. The number of rotatable bonds is 10. The van der Waals surface area contributed by atoms with Gasteiger partial charge in [-0.1, -0.05) is 75.4 Å². The van der Waals surface area contributed by atoms with E-state index in [1.807, 2.05) is 25.2 Å². The molecule has 0 aliphatic carbocycles. The summed E-state index contributed by atoms with van der Waals surface area (Å²) in [6.45, 7) is 16.0. The molecule has 0 N–H and O–H groups in total. The third kappa shape index (κ3) is 8.04. The van der Waals surface area contributed by atoms with Gasteiger partial charge in [-0.3, -0.25) is 4.99 Å². The monoisotopic (exact) mass is 339 g/mol. The van der Waals surface area contributed by atoms with Crippen LogP contribution in [0.5, 0.6) is 0 Å². The summed E-state index contributed by atoms with van der Waals surface area (Å²) in [4.78, 5) is 6.47. The molecule has 0 aromatic rings. The minimum atomic E-state index is 0.795. The van der Waals surface area contributed by atoms with Crippen LogP contribution >= 0.6 is 11.8 Å². The molecule has 2 heteroatoms. The van der Waals surface area contributed by atoms with Gasteiger partial charge in [0.2, 0.25) is 0 Å². The first kappa shape index (κ1) is 22.0. The number of thioether (sulfide) groups is 1. The second-order valence-electron chi connectivity index (χ2n) is 4.99. The maximum atomic E-state index is 5.78. The number of aliphatic imine (C=N–C) groups is 1. The molecule has 0 saturated heterocycles. The van der Waals surface area contributed by atoms with E-state index < -0.39 is 0 Å². The highest BCUT2D eigenvalue weighted by Crippen LogP contribution is 2.29.